The van der Waals surface area contributed by atoms with Crippen molar-refractivity contribution in [2.75, 3.05) is 32.1 Å². The van der Waals surface area contributed by atoms with E-state index in [2.05, 4.69) is 16.9 Å². The first-order valence-corrected chi connectivity index (χ1v) is 6.76. The van der Waals surface area contributed by atoms with Crippen LogP contribution in [0.5, 0.6) is 0 Å². The van der Waals surface area contributed by atoms with Crippen LogP contribution in [0.15, 0.2) is 18.3 Å². The number of piperidine rings is 1. The maximum absolute atomic E-state index is 11.4. The number of rotatable bonds is 4. The van der Waals surface area contributed by atoms with Crippen molar-refractivity contribution >= 4 is 11.7 Å². The van der Waals surface area contributed by atoms with E-state index in [9.17, 15) is 4.79 Å². The summed E-state index contributed by atoms with van der Waals surface area (Å²) in [5.74, 6) is 0.251. The zero-order chi connectivity index (χ0) is 13.8. The molecule has 0 spiro atoms. The zero-order valence-corrected chi connectivity index (χ0v) is 11.7. The van der Waals surface area contributed by atoms with Crippen LogP contribution in [0.2, 0.25) is 0 Å². The molecule has 0 saturated carbocycles. The average Bonchev–Trinajstić information content (AvgIpc) is 2.41. The number of hydrogen-bond donors (Lipinski definition) is 1. The summed E-state index contributed by atoms with van der Waals surface area (Å²) in [4.78, 5) is 20.1. The summed E-state index contributed by atoms with van der Waals surface area (Å²) >= 11 is 0. The van der Waals surface area contributed by atoms with E-state index in [1.54, 1.807) is 18.3 Å². The van der Waals surface area contributed by atoms with Crippen molar-refractivity contribution in [2.24, 2.45) is 5.73 Å². The fraction of sp³-hybridized carbons (Fsp3) is 0.571. The first-order valence-electron chi connectivity index (χ1n) is 6.76. The maximum Gasteiger partial charge on any atom is 0.252 e. The quantitative estimate of drug-likeness (QED) is 0.882. The summed E-state index contributed by atoms with van der Waals surface area (Å²) in [5, 5.41) is 0. The summed E-state index contributed by atoms with van der Waals surface area (Å²) in [6.45, 7) is 2.01. The molecular formula is C14H22N4O. The van der Waals surface area contributed by atoms with Gasteiger partial charge in [0.15, 0.2) is 0 Å². The Morgan fingerprint density at radius 2 is 2.37 bits per heavy atom. The molecule has 0 bridgehead atoms. The Hall–Kier alpha value is -1.62. The van der Waals surface area contributed by atoms with E-state index >= 15 is 0 Å². The first-order chi connectivity index (χ1) is 9.09. The molecule has 5 nitrogen and oxygen atoms in total. The average molecular weight is 262 g/mol. The molecule has 104 valence electrons. The van der Waals surface area contributed by atoms with Crippen molar-refractivity contribution in [2.45, 2.75) is 25.3 Å². The van der Waals surface area contributed by atoms with Crippen LogP contribution in [-0.4, -0.2) is 49.0 Å². The molecule has 1 saturated heterocycles. The van der Waals surface area contributed by atoms with E-state index < -0.39 is 5.91 Å². The predicted octanol–water partition coefficient (Wildman–Crippen LogP) is 1.10. The number of likely N-dealkylation sites (N-methyl/N-ethyl adjacent to an activating group) is 2. The molecule has 1 atom stereocenters. The lowest BCUT2D eigenvalue weighted by atomic mass is 10.0. The molecule has 19 heavy (non-hydrogen) atoms. The molecule has 1 unspecified atom stereocenters. The van der Waals surface area contributed by atoms with E-state index in [1.165, 1.54) is 19.3 Å². The van der Waals surface area contributed by atoms with Crippen molar-refractivity contribution in [3.05, 3.63) is 23.9 Å². The van der Waals surface area contributed by atoms with Gasteiger partial charge in [-0.2, -0.15) is 0 Å². The van der Waals surface area contributed by atoms with Gasteiger partial charge in [0.1, 0.15) is 5.82 Å². The molecule has 0 aliphatic carbocycles. The number of nitrogens with two attached hydrogens (primary N) is 1. The number of nitrogens with zero attached hydrogens (tertiary/aromatic N) is 3. The number of primary amides is 1. The summed E-state index contributed by atoms with van der Waals surface area (Å²) in [5.41, 5.74) is 5.89. The van der Waals surface area contributed by atoms with Crippen LogP contribution in [0.1, 0.15) is 29.6 Å². The van der Waals surface area contributed by atoms with E-state index in [0.29, 0.717) is 17.4 Å². The van der Waals surface area contributed by atoms with E-state index in [0.717, 1.165) is 13.1 Å². The van der Waals surface area contributed by atoms with Crippen LogP contribution in [0.4, 0.5) is 5.82 Å². The second-order valence-corrected chi connectivity index (χ2v) is 5.25. The minimum absolute atomic E-state index is 0.424. The van der Waals surface area contributed by atoms with E-state index in [1.807, 2.05) is 11.9 Å². The number of aromatic nitrogens is 1. The van der Waals surface area contributed by atoms with Gasteiger partial charge in [-0.3, -0.25) is 4.79 Å². The van der Waals surface area contributed by atoms with Crippen molar-refractivity contribution in [1.29, 1.82) is 0 Å². The summed E-state index contributed by atoms with van der Waals surface area (Å²) in [6, 6.07) is 3.98. The molecule has 5 heteroatoms. The number of anilines is 1. The van der Waals surface area contributed by atoms with Crippen molar-refractivity contribution in [1.82, 2.24) is 9.88 Å². The number of pyridine rings is 1. The molecular weight excluding hydrogens is 240 g/mol. The molecule has 1 aliphatic heterocycles. The normalized spacial score (nSPS) is 20.2. The highest BCUT2D eigenvalue weighted by atomic mass is 16.1. The Bertz CT molecular complexity index is 449. The number of hydrogen-bond acceptors (Lipinski definition) is 4. The molecule has 2 rings (SSSR count). The highest BCUT2D eigenvalue weighted by Gasteiger charge is 2.22. The van der Waals surface area contributed by atoms with Gasteiger partial charge < -0.3 is 15.5 Å². The summed E-state index contributed by atoms with van der Waals surface area (Å²) in [6.07, 6.45) is 5.43. The third kappa shape index (κ3) is 3.23. The lowest BCUT2D eigenvalue weighted by molar-refractivity contribution is 0.100. The topological polar surface area (TPSA) is 62.5 Å². The molecule has 1 amide bonds. The van der Waals surface area contributed by atoms with Crippen molar-refractivity contribution < 1.29 is 4.79 Å². The molecule has 2 N–H and O–H groups in total. The second kappa shape index (κ2) is 6.02. The van der Waals surface area contributed by atoms with Crippen molar-refractivity contribution in [3.8, 4) is 0 Å². The Kier molecular flexibility index (Phi) is 4.37. The monoisotopic (exact) mass is 262 g/mol. The summed E-state index contributed by atoms with van der Waals surface area (Å²) in [7, 11) is 4.13. The Morgan fingerprint density at radius 1 is 1.58 bits per heavy atom. The highest BCUT2D eigenvalue weighted by Crippen LogP contribution is 2.20. The summed E-state index contributed by atoms with van der Waals surface area (Å²) < 4.78 is 0. The van der Waals surface area contributed by atoms with Crippen LogP contribution < -0.4 is 10.6 Å². The van der Waals surface area contributed by atoms with Crippen LogP contribution in [0.3, 0.4) is 0 Å². The zero-order valence-electron chi connectivity index (χ0n) is 11.7. The Balaban J connectivity index is 2.11. The fourth-order valence-electron chi connectivity index (χ4n) is 2.67. The standard InChI is InChI=1S/C14H22N4O/c1-17-9-4-3-6-11(17)10-18(2)14-12(13(15)19)7-5-8-16-14/h5,7-8,11H,3-4,6,9-10H2,1-2H3,(H2,15,19). The molecule has 1 aromatic heterocycles. The lowest BCUT2D eigenvalue weighted by Crippen LogP contribution is -2.44. The number of amides is 1. The van der Waals surface area contributed by atoms with Gasteiger partial charge in [0.25, 0.3) is 5.91 Å². The largest absolute Gasteiger partial charge is 0.365 e. The van der Waals surface area contributed by atoms with Gasteiger partial charge >= 0.3 is 0 Å². The van der Waals surface area contributed by atoms with Gasteiger partial charge in [-0.15, -0.1) is 0 Å². The van der Waals surface area contributed by atoms with Gasteiger partial charge in [0.05, 0.1) is 5.56 Å². The molecule has 0 radical (unpaired) electrons. The fourth-order valence-corrected chi connectivity index (χ4v) is 2.67. The van der Waals surface area contributed by atoms with Crippen molar-refractivity contribution in [3.63, 3.8) is 0 Å². The van der Waals surface area contributed by atoms with Crippen LogP contribution in [0.25, 0.3) is 0 Å². The smallest absolute Gasteiger partial charge is 0.252 e. The molecule has 1 fully saturated rings. The van der Waals surface area contributed by atoms with Crippen LogP contribution in [0, 0.1) is 0 Å². The number of carbonyl (C=O) groups is 1. The second-order valence-electron chi connectivity index (χ2n) is 5.25. The minimum atomic E-state index is -0.424. The van der Waals surface area contributed by atoms with Crippen LogP contribution in [-0.2, 0) is 0 Å². The van der Waals surface area contributed by atoms with Gasteiger partial charge in [0.2, 0.25) is 0 Å². The van der Waals surface area contributed by atoms with E-state index in [4.69, 9.17) is 5.73 Å². The maximum atomic E-state index is 11.4. The third-order valence-electron chi connectivity index (χ3n) is 3.82. The number of carbonyl (C=O) groups excluding carboxylic acids is 1. The predicted molar refractivity (Wildman–Crippen MR) is 76.3 cm³/mol. The first kappa shape index (κ1) is 13.8. The van der Waals surface area contributed by atoms with Gasteiger partial charge in [0, 0.05) is 25.8 Å². The molecule has 1 aromatic rings. The molecule has 2 heterocycles. The van der Waals surface area contributed by atoms with Gasteiger partial charge in [-0.1, -0.05) is 6.42 Å². The molecule has 0 aromatic carbocycles. The third-order valence-corrected chi connectivity index (χ3v) is 3.82. The van der Waals surface area contributed by atoms with Crippen LogP contribution >= 0.6 is 0 Å². The Labute approximate surface area is 114 Å². The molecule has 1 aliphatic rings. The highest BCUT2D eigenvalue weighted by molar-refractivity contribution is 5.97. The number of likely N-dealkylation sites (tertiary alicyclic amines) is 1. The minimum Gasteiger partial charge on any atom is -0.365 e. The van der Waals surface area contributed by atoms with Gasteiger partial charge in [-0.25, -0.2) is 4.98 Å². The van der Waals surface area contributed by atoms with E-state index in [-0.39, 0.29) is 0 Å². The SMILES string of the molecule is CN(CC1CCCCN1C)c1ncccc1C(N)=O. The Morgan fingerprint density at radius 3 is 3.05 bits per heavy atom. The van der Waals surface area contributed by atoms with Gasteiger partial charge in [-0.05, 0) is 38.6 Å². The lowest BCUT2D eigenvalue weighted by Gasteiger charge is -2.35.